The Bertz CT molecular complexity index is 764. The maximum absolute atomic E-state index is 12.3. The fourth-order valence-corrected chi connectivity index (χ4v) is 2.95. The van der Waals surface area contributed by atoms with E-state index < -0.39 is 0 Å². The van der Waals surface area contributed by atoms with Gasteiger partial charge in [-0.15, -0.1) is 0 Å². The van der Waals surface area contributed by atoms with Crippen LogP contribution in [0.15, 0.2) is 48.5 Å². The summed E-state index contributed by atoms with van der Waals surface area (Å²) in [7, 11) is 3.12. The summed E-state index contributed by atoms with van der Waals surface area (Å²) in [5.41, 5.74) is 1.50. The minimum Gasteiger partial charge on any atom is -0.493 e. The van der Waals surface area contributed by atoms with E-state index in [1.165, 1.54) is 0 Å². The third-order valence-electron chi connectivity index (χ3n) is 3.89. The van der Waals surface area contributed by atoms with E-state index in [4.69, 9.17) is 14.2 Å². The van der Waals surface area contributed by atoms with Crippen LogP contribution in [0.1, 0.15) is 15.9 Å². The van der Waals surface area contributed by atoms with Crippen LogP contribution in [0.25, 0.3) is 6.08 Å². The zero-order valence-electron chi connectivity index (χ0n) is 14.2. The molecule has 0 aliphatic carbocycles. The molecule has 1 heterocycles. The van der Waals surface area contributed by atoms with Gasteiger partial charge in [-0.25, -0.2) is 0 Å². The average molecular weight is 356 g/mol. The van der Waals surface area contributed by atoms with Crippen LogP contribution in [0.3, 0.4) is 0 Å². The molecular weight excluding hydrogens is 336 g/mol. The molecule has 5 heteroatoms. The summed E-state index contributed by atoms with van der Waals surface area (Å²) in [6, 6.07) is 12.9. The maximum Gasteiger partial charge on any atom is 0.185 e. The number of hydrogen-bond donors (Lipinski definition) is 0. The summed E-state index contributed by atoms with van der Waals surface area (Å²) >= 11 is 1.89. The minimum absolute atomic E-state index is 0.0900. The number of hydrogen-bond acceptors (Lipinski definition) is 5. The van der Waals surface area contributed by atoms with Crippen molar-refractivity contribution in [2.24, 2.45) is 0 Å². The van der Waals surface area contributed by atoms with Crippen LogP contribution in [-0.4, -0.2) is 37.6 Å². The summed E-state index contributed by atoms with van der Waals surface area (Å²) in [4.78, 5) is 12.3. The first-order chi connectivity index (χ1) is 12.2. The summed E-state index contributed by atoms with van der Waals surface area (Å²) in [6.45, 7) is 0. The molecular formula is C20H20O4S. The normalized spacial score (nSPS) is 14.2. The first-order valence-corrected chi connectivity index (χ1v) is 9.14. The van der Waals surface area contributed by atoms with E-state index in [1.807, 2.05) is 36.0 Å². The molecule has 0 atom stereocenters. The Hall–Kier alpha value is -2.40. The Balaban J connectivity index is 1.65. The lowest BCUT2D eigenvalue weighted by Gasteiger charge is -2.25. The highest BCUT2D eigenvalue weighted by Gasteiger charge is 2.19. The first-order valence-electron chi connectivity index (χ1n) is 7.98. The average Bonchev–Trinajstić information content (AvgIpc) is 2.63. The van der Waals surface area contributed by atoms with Crippen molar-refractivity contribution in [3.05, 3.63) is 59.7 Å². The molecule has 1 fully saturated rings. The van der Waals surface area contributed by atoms with Crippen molar-refractivity contribution in [3.8, 4) is 17.2 Å². The molecule has 0 saturated carbocycles. The zero-order chi connectivity index (χ0) is 17.6. The molecule has 1 aliphatic heterocycles. The van der Waals surface area contributed by atoms with Crippen LogP contribution in [-0.2, 0) is 0 Å². The monoisotopic (exact) mass is 356 g/mol. The summed E-state index contributed by atoms with van der Waals surface area (Å²) in [5.74, 6) is 4.03. The van der Waals surface area contributed by atoms with Crippen LogP contribution in [0, 0.1) is 0 Å². The molecule has 0 unspecified atom stereocenters. The molecule has 0 amide bonds. The number of allylic oxidation sites excluding steroid dienone is 1. The highest BCUT2D eigenvalue weighted by atomic mass is 32.2. The molecule has 2 aromatic rings. The molecule has 4 nitrogen and oxygen atoms in total. The van der Waals surface area contributed by atoms with E-state index in [0.717, 1.165) is 22.8 Å². The second kappa shape index (κ2) is 8.12. The van der Waals surface area contributed by atoms with Crippen LogP contribution in [0.2, 0.25) is 0 Å². The van der Waals surface area contributed by atoms with Gasteiger partial charge in [-0.1, -0.05) is 18.2 Å². The van der Waals surface area contributed by atoms with Gasteiger partial charge < -0.3 is 14.2 Å². The van der Waals surface area contributed by atoms with Gasteiger partial charge in [0.15, 0.2) is 17.3 Å². The number of thioether (sulfide) groups is 1. The summed E-state index contributed by atoms with van der Waals surface area (Å²) in [5, 5.41) is 0. The largest absolute Gasteiger partial charge is 0.493 e. The second-order valence-corrected chi connectivity index (χ2v) is 6.69. The first kappa shape index (κ1) is 17.4. The molecule has 3 rings (SSSR count). The Labute approximate surface area is 151 Å². The SMILES string of the molecule is COc1ccc(C(=O)/C=C/c2ccc(OC3CSC3)cc2)cc1OC. The maximum atomic E-state index is 12.3. The van der Waals surface area contributed by atoms with E-state index in [-0.39, 0.29) is 5.78 Å². The molecule has 0 bridgehead atoms. The molecule has 0 radical (unpaired) electrons. The highest BCUT2D eigenvalue weighted by Crippen LogP contribution is 2.28. The Morgan fingerprint density at radius 2 is 1.76 bits per heavy atom. The number of ketones is 1. The van der Waals surface area contributed by atoms with Gasteiger partial charge in [-0.3, -0.25) is 4.79 Å². The smallest absolute Gasteiger partial charge is 0.185 e. The van der Waals surface area contributed by atoms with Gasteiger partial charge >= 0.3 is 0 Å². The molecule has 0 aromatic heterocycles. The molecule has 1 saturated heterocycles. The van der Waals surface area contributed by atoms with Crippen molar-refractivity contribution >= 4 is 23.6 Å². The van der Waals surface area contributed by atoms with E-state index >= 15 is 0 Å². The van der Waals surface area contributed by atoms with Gasteiger partial charge in [0.05, 0.1) is 14.2 Å². The van der Waals surface area contributed by atoms with Gasteiger partial charge in [0.25, 0.3) is 0 Å². The quantitative estimate of drug-likeness (QED) is 0.552. The molecule has 1 aliphatic rings. The number of carbonyl (C=O) groups is 1. The Morgan fingerprint density at radius 1 is 1.04 bits per heavy atom. The van der Waals surface area contributed by atoms with Gasteiger partial charge in [0.2, 0.25) is 0 Å². The lowest BCUT2D eigenvalue weighted by Crippen LogP contribution is -2.30. The van der Waals surface area contributed by atoms with Gasteiger partial charge in [-0.2, -0.15) is 11.8 Å². The third-order valence-corrected chi connectivity index (χ3v) is 5.10. The fourth-order valence-electron chi connectivity index (χ4n) is 2.39. The predicted octanol–water partition coefficient (Wildman–Crippen LogP) is 4.09. The molecule has 0 N–H and O–H groups in total. The molecule has 130 valence electrons. The van der Waals surface area contributed by atoms with Gasteiger partial charge in [0, 0.05) is 17.1 Å². The second-order valence-electron chi connectivity index (χ2n) is 5.61. The number of methoxy groups -OCH3 is 2. The lowest BCUT2D eigenvalue weighted by atomic mass is 10.1. The Morgan fingerprint density at radius 3 is 2.36 bits per heavy atom. The highest BCUT2D eigenvalue weighted by molar-refractivity contribution is 8.00. The number of ether oxygens (including phenoxy) is 3. The molecule has 25 heavy (non-hydrogen) atoms. The van der Waals surface area contributed by atoms with Crippen molar-refractivity contribution in [1.29, 1.82) is 0 Å². The number of carbonyl (C=O) groups excluding carboxylic acids is 1. The lowest BCUT2D eigenvalue weighted by molar-refractivity contribution is 0.104. The van der Waals surface area contributed by atoms with Crippen LogP contribution in [0.5, 0.6) is 17.2 Å². The van der Waals surface area contributed by atoms with Crippen LogP contribution >= 0.6 is 11.8 Å². The van der Waals surface area contributed by atoms with E-state index in [2.05, 4.69) is 0 Å². The minimum atomic E-state index is -0.0900. The van der Waals surface area contributed by atoms with Crippen LogP contribution in [0.4, 0.5) is 0 Å². The fraction of sp³-hybridized carbons (Fsp3) is 0.250. The third kappa shape index (κ3) is 4.37. The molecule has 2 aromatic carbocycles. The standard InChI is InChI=1S/C20H20O4S/c1-22-19-10-6-15(11-20(19)23-2)18(21)9-5-14-3-7-16(8-4-14)24-17-12-25-13-17/h3-11,17H,12-13H2,1-2H3/b9-5+. The Kier molecular flexibility index (Phi) is 5.66. The zero-order valence-corrected chi connectivity index (χ0v) is 15.0. The van der Waals surface area contributed by atoms with E-state index in [9.17, 15) is 4.79 Å². The molecule has 0 spiro atoms. The van der Waals surface area contributed by atoms with Crippen molar-refractivity contribution in [2.45, 2.75) is 6.10 Å². The van der Waals surface area contributed by atoms with Gasteiger partial charge in [-0.05, 0) is 42.0 Å². The van der Waals surface area contributed by atoms with Crippen molar-refractivity contribution in [1.82, 2.24) is 0 Å². The topological polar surface area (TPSA) is 44.8 Å². The summed E-state index contributed by atoms with van der Waals surface area (Å²) < 4.78 is 16.2. The van der Waals surface area contributed by atoms with Crippen molar-refractivity contribution in [2.75, 3.05) is 25.7 Å². The van der Waals surface area contributed by atoms with E-state index in [0.29, 0.717) is 23.2 Å². The van der Waals surface area contributed by atoms with Crippen LogP contribution < -0.4 is 14.2 Å². The predicted molar refractivity (Wildman–Crippen MR) is 101 cm³/mol. The summed E-state index contributed by atoms with van der Waals surface area (Å²) in [6.07, 6.45) is 3.68. The number of rotatable bonds is 7. The number of benzene rings is 2. The van der Waals surface area contributed by atoms with E-state index in [1.54, 1.807) is 44.6 Å². The van der Waals surface area contributed by atoms with Crippen molar-refractivity contribution in [3.63, 3.8) is 0 Å². The van der Waals surface area contributed by atoms with Crippen molar-refractivity contribution < 1.29 is 19.0 Å². The van der Waals surface area contributed by atoms with Gasteiger partial charge in [0.1, 0.15) is 11.9 Å².